The van der Waals surface area contributed by atoms with Gasteiger partial charge in [-0.25, -0.2) is 4.79 Å². The molecule has 1 unspecified atom stereocenters. The van der Waals surface area contributed by atoms with Crippen LogP contribution in [-0.2, 0) is 4.79 Å². The first-order chi connectivity index (χ1) is 8.94. The lowest BCUT2D eigenvalue weighted by Gasteiger charge is -2.24. The van der Waals surface area contributed by atoms with Crippen molar-refractivity contribution in [2.75, 3.05) is 20.1 Å². The summed E-state index contributed by atoms with van der Waals surface area (Å²) < 4.78 is 0. The standard InChI is InChI=1S/C13H23N3O3/c1-9(16(2)10-3-4-10)7-14-12(19)15-8-13(5-6-13)11(17)18/h9-10H,3-8H2,1-2H3,(H,17,18)(H2,14,15,19). The summed E-state index contributed by atoms with van der Waals surface area (Å²) >= 11 is 0. The number of aliphatic carboxylic acids is 1. The highest BCUT2D eigenvalue weighted by atomic mass is 16.4. The third-order valence-corrected chi connectivity index (χ3v) is 4.27. The van der Waals surface area contributed by atoms with Gasteiger partial charge in [0.25, 0.3) is 0 Å². The van der Waals surface area contributed by atoms with Gasteiger partial charge in [0.2, 0.25) is 0 Å². The van der Waals surface area contributed by atoms with Crippen molar-refractivity contribution in [3.05, 3.63) is 0 Å². The predicted molar refractivity (Wildman–Crippen MR) is 71.0 cm³/mol. The second-order valence-electron chi connectivity index (χ2n) is 5.89. The number of amides is 2. The van der Waals surface area contributed by atoms with Gasteiger partial charge < -0.3 is 15.7 Å². The summed E-state index contributed by atoms with van der Waals surface area (Å²) in [6.07, 6.45) is 3.80. The molecule has 0 aromatic carbocycles. The molecule has 2 rings (SSSR count). The maximum Gasteiger partial charge on any atom is 0.314 e. The molecule has 6 heteroatoms. The first-order valence-corrected chi connectivity index (χ1v) is 6.92. The first-order valence-electron chi connectivity index (χ1n) is 6.92. The van der Waals surface area contributed by atoms with Crippen molar-refractivity contribution in [3.8, 4) is 0 Å². The number of carbonyl (C=O) groups excluding carboxylic acids is 1. The summed E-state index contributed by atoms with van der Waals surface area (Å²) in [6.45, 7) is 2.89. The van der Waals surface area contributed by atoms with Gasteiger partial charge in [0, 0.05) is 25.2 Å². The Hall–Kier alpha value is -1.30. The van der Waals surface area contributed by atoms with Gasteiger partial charge in [-0.2, -0.15) is 0 Å². The van der Waals surface area contributed by atoms with Crippen molar-refractivity contribution < 1.29 is 14.7 Å². The Bertz CT molecular complexity index is 364. The summed E-state index contributed by atoms with van der Waals surface area (Å²) in [5, 5.41) is 14.5. The van der Waals surface area contributed by atoms with Gasteiger partial charge in [0.05, 0.1) is 5.41 Å². The van der Waals surface area contributed by atoms with Crippen molar-refractivity contribution in [2.24, 2.45) is 5.41 Å². The van der Waals surface area contributed by atoms with Gasteiger partial charge in [0.1, 0.15) is 0 Å². The number of carboxylic acids is 1. The van der Waals surface area contributed by atoms with E-state index in [0.717, 1.165) is 0 Å². The van der Waals surface area contributed by atoms with Gasteiger partial charge in [0.15, 0.2) is 0 Å². The molecule has 108 valence electrons. The van der Waals surface area contributed by atoms with E-state index in [-0.39, 0.29) is 12.6 Å². The average Bonchev–Trinajstić information content (AvgIpc) is 3.26. The Labute approximate surface area is 113 Å². The van der Waals surface area contributed by atoms with Crippen LogP contribution in [-0.4, -0.2) is 54.2 Å². The minimum Gasteiger partial charge on any atom is -0.481 e. The van der Waals surface area contributed by atoms with Crippen LogP contribution >= 0.6 is 0 Å². The van der Waals surface area contributed by atoms with Crippen molar-refractivity contribution in [2.45, 2.75) is 44.7 Å². The number of carboxylic acid groups (broad SMARTS) is 1. The normalized spacial score (nSPS) is 21.8. The lowest BCUT2D eigenvalue weighted by Crippen LogP contribution is -2.46. The van der Waals surface area contributed by atoms with Crippen molar-refractivity contribution in [1.29, 1.82) is 0 Å². The molecule has 0 bridgehead atoms. The zero-order valence-electron chi connectivity index (χ0n) is 11.6. The molecule has 2 aliphatic carbocycles. The number of hydrogen-bond acceptors (Lipinski definition) is 3. The quantitative estimate of drug-likeness (QED) is 0.633. The fraction of sp³-hybridized carbons (Fsp3) is 0.846. The van der Waals surface area contributed by atoms with Gasteiger partial charge in [-0.1, -0.05) is 0 Å². The highest BCUT2D eigenvalue weighted by Gasteiger charge is 2.50. The molecule has 0 radical (unpaired) electrons. The number of hydrogen-bond donors (Lipinski definition) is 3. The Balaban J connectivity index is 1.63. The van der Waals surface area contributed by atoms with E-state index in [4.69, 9.17) is 5.11 Å². The van der Waals surface area contributed by atoms with Crippen LogP contribution in [0.2, 0.25) is 0 Å². The van der Waals surface area contributed by atoms with E-state index in [0.29, 0.717) is 31.5 Å². The molecule has 19 heavy (non-hydrogen) atoms. The number of likely N-dealkylation sites (N-methyl/N-ethyl adjacent to an activating group) is 1. The molecule has 2 saturated carbocycles. The molecule has 6 nitrogen and oxygen atoms in total. The third-order valence-electron chi connectivity index (χ3n) is 4.27. The highest BCUT2D eigenvalue weighted by Crippen LogP contribution is 2.45. The fourth-order valence-electron chi connectivity index (χ4n) is 2.16. The number of nitrogens with one attached hydrogen (secondary N) is 2. The lowest BCUT2D eigenvalue weighted by atomic mass is 10.1. The Morgan fingerprint density at radius 3 is 2.47 bits per heavy atom. The van der Waals surface area contributed by atoms with Gasteiger partial charge in [-0.05, 0) is 39.7 Å². The average molecular weight is 269 g/mol. The summed E-state index contributed by atoms with van der Waals surface area (Å²) in [5.41, 5.74) is -0.701. The van der Waals surface area contributed by atoms with Crippen molar-refractivity contribution >= 4 is 12.0 Å². The van der Waals surface area contributed by atoms with Crippen LogP contribution in [0.3, 0.4) is 0 Å². The molecule has 0 aromatic heterocycles. The smallest absolute Gasteiger partial charge is 0.314 e. The molecule has 2 amide bonds. The van der Waals surface area contributed by atoms with Crippen LogP contribution in [0.5, 0.6) is 0 Å². The zero-order valence-corrected chi connectivity index (χ0v) is 11.6. The van der Waals surface area contributed by atoms with E-state index in [1.807, 2.05) is 0 Å². The van der Waals surface area contributed by atoms with Crippen LogP contribution in [0.15, 0.2) is 0 Å². The van der Waals surface area contributed by atoms with Gasteiger partial charge in [-0.3, -0.25) is 9.69 Å². The Morgan fingerprint density at radius 2 is 2.00 bits per heavy atom. The maximum absolute atomic E-state index is 11.6. The Morgan fingerprint density at radius 1 is 1.37 bits per heavy atom. The Kier molecular flexibility index (Phi) is 3.99. The van der Waals surface area contributed by atoms with E-state index >= 15 is 0 Å². The lowest BCUT2D eigenvalue weighted by molar-refractivity contribution is -0.143. The molecular formula is C13H23N3O3. The number of urea groups is 1. The van der Waals surface area contributed by atoms with E-state index < -0.39 is 11.4 Å². The summed E-state index contributed by atoms with van der Waals surface area (Å²) in [6, 6.07) is 0.692. The molecule has 0 aromatic rings. The first kappa shape index (κ1) is 14.1. The van der Waals surface area contributed by atoms with Crippen LogP contribution in [0, 0.1) is 5.41 Å². The second kappa shape index (κ2) is 5.36. The number of nitrogens with zero attached hydrogens (tertiary/aromatic N) is 1. The van der Waals surface area contributed by atoms with E-state index in [2.05, 4.69) is 29.5 Å². The molecule has 0 aliphatic heterocycles. The second-order valence-corrected chi connectivity index (χ2v) is 5.89. The molecule has 0 spiro atoms. The molecule has 2 aliphatic rings. The van der Waals surface area contributed by atoms with Gasteiger partial charge >= 0.3 is 12.0 Å². The van der Waals surface area contributed by atoms with E-state index in [1.165, 1.54) is 12.8 Å². The largest absolute Gasteiger partial charge is 0.481 e. The summed E-state index contributed by atoms with van der Waals surface area (Å²) in [7, 11) is 2.07. The van der Waals surface area contributed by atoms with Crippen LogP contribution in [0.25, 0.3) is 0 Å². The maximum atomic E-state index is 11.6. The topological polar surface area (TPSA) is 81.7 Å². The number of rotatable bonds is 7. The van der Waals surface area contributed by atoms with Crippen LogP contribution in [0.1, 0.15) is 32.6 Å². The SMILES string of the molecule is CC(CNC(=O)NCC1(C(=O)O)CC1)N(C)C1CC1. The molecule has 2 fully saturated rings. The third kappa shape index (κ3) is 3.59. The monoisotopic (exact) mass is 269 g/mol. The van der Waals surface area contributed by atoms with Crippen molar-refractivity contribution in [1.82, 2.24) is 15.5 Å². The molecule has 0 heterocycles. The highest BCUT2D eigenvalue weighted by molar-refractivity contribution is 5.80. The summed E-state index contributed by atoms with van der Waals surface area (Å²) in [5.74, 6) is -0.811. The van der Waals surface area contributed by atoms with Crippen LogP contribution < -0.4 is 10.6 Å². The van der Waals surface area contributed by atoms with E-state index in [1.54, 1.807) is 0 Å². The van der Waals surface area contributed by atoms with Crippen molar-refractivity contribution in [3.63, 3.8) is 0 Å². The van der Waals surface area contributed by atoms with Gasteiger partial charge in [-0.15, -0.1) is 0 Å². The minimum atomic E-state index is -0.811. The minimum absolute atomic E-state index is 0.223. The summed E-state index contributed by atoms with van der Waals surface area (Å²) in [4.78, 5) is 24.9. The predicted octanol–water partition coefficient (Wildman–Crippen LogP) is 0.633. The molecule has 0 saturated heterocycles. The fourth-order valence-corrected chi connectivity index (χ4v) is 2.16. The van der Waals surface area contributed by atoms with E-state index in [9.17, 15) is 9.59 Å². The zero-order chi connectivity index (χ0) is 14.0. The molecule has 3 N–H and O–H groups in total. The molecular weight excluding hydrogens is 246 g/mol. The molecule has 1 atom stereocenters. The van der Waals surface area contributed by atoms with Crippen LogP contribution in [0.4, 0.5) is 4.79 Å². The number of carbonyl (C=O) groups is 2.